The van der Waals surface area contributed by atoms with Crippen molar-refractivity contribution in [3.63, 3.8) is 0 Å². The van der Waals surface area contributed by atoms with E-state index in [0.29, 0.717) is 17.2 Å². The summed E-state index contributed by atoms with van der Waals surface area (Å²) in [4.78, 5) is 0. The molecule has 3 N–H and O–H groups in total. The van der Waals surface area contributed by atoms with Crippen LogP contribution >= 0.6 is 0 Å². The van der Waals surface area contributed by atoms with Crippen molar-refractivity contribution < 1.29 is 0 Å². The first-order chi connectivity index (χ1) is 7.61. The van der Waals surface area contributed by atoms with Gasteiger partial charge in [-0.05, 0) is 20.3 Å². The zero-order valence-electron chi connectivity index (χ0n) is 10.1. The van der Waals surface area contributed by atoms with Crippen LogP contribution in [-0.4, -0.2) is 16.3 Å². The standard InChI is InChI=1S/C11H19N5/c1-4-5-6-14-11-9(7-12)10(13)16(15-11)8(2)3/h8H,4-6,13H2,1-3H3,(H,14,15). The fraction of sp³-hybridized carbons (Fsp3) is 0.636. The molecule has 0 fully saturated rings. The minimum atomic E-state index is 0.161. The first-order valence-electron chi connectivity index (χ1n) is 5.63. The van der Waals surface area contributed by atoms with Gasteiger partial charge in [-0.15, -0.1) is 0 Å². The molecule has 0 saturated heterocycles. The number of rotatable bonds is 5. The van der Waals surface area contributed by atoms with Crippen LogP contribution in [0.5, 0.6) is 0 Å². The lowest BCUT2D eigenvalue weighted by atomic mass is 10.3. The maximum atomic E-state index is 9.03. The van der Waals surface area contributed by atoms with Gasteiger partial charge in [-0.25, -0.2) is 4.68 Å². The van der Waals surface area contributed by atoms with Crippen molar-refractivity contribution in [2.45, 2.75) is 39.7 Å². The lowest BCUT2D eigenvalue weighted by molar-refractivity contribution is 0.542. The molecule has 88 valence electrons. The summed E-state index contributed by atoms with van der Waals surface area (Å²) in [7, 11) is 0. The first-order valence-corrected chi connectivity index (χ1v) is 5.63. The number of nitriles is 1. The predicted octanol–water partition coefficient (Wildman–Crippen LogP) is 2.13. The highest BCUT2D eigenvalue weighted by Gasteiger charge is 2.16. The fourth-order valence-corrected chi connectivity index (χ4v) is 1.46. The molecule has 0 aliphatic carbocycles. The number of aromatic nitrogens is 2. The Bertz CT molecular complexity index is 386. The fourth-order valence-electron chi connectivity index (χ4n) is 1.46. The van der Waals surface area contributed by atoms with E-state index in [4.69, 9.17) is 11.0 Å². The van der Waals surface area contributed by atoms with Crippen LogP contribution in [0.1, 0.15) is 45.2 Å². The Morgan fingerprint density at radius 3 is 2.75 bits per heavy atom. The van der Waals surface area contributed by atoms with Crippen molar-refractivity contribution in [3.05, 3.63) is 5.56 Å². The highest BCUT2D eigenvalue weighted by Crippen LogP contribution is 2.23. The van der Waals surface area contributed by atoms with Gasteiger partial charge in [0.25, 0.3) is 0 Å². The van der Waals surface area contributed by atoms with Gasteiger partial charge in [-0.2, -0.15) is 10.4 Å². The highest BCUT2D eigenvalue weighted by atomic mass is 15.4. The van der Waals surface area contributed by atoms with Crippen LogP contribution in [0.25, 0.3) is 0 Å². The van der Waals surface area contributed by atoms with Crippen LogP contribution in [0, 0.1) is 11.3 Å². The van der Waals surface area contributed by atoms with Crippen LogP contribution < -0.4 is 11.1 Å². The summed E-state index contributed by atoms with van der Waals surface area (Å²) >= 11 is 0. The summed E-state index contributed by atoms with van der Waals surface area (Å²) in [6.07, 6.45) is 2.16. The van der Waals surface area contributed by atoms with Crippen LogP contribution in [0.4, 0.5) is 11.6 Å². The number of unbranched alkanes of at least 4 members (excludes halogenated alkanes) is 1. The van der Waals surface area contributed by atoms with E-state index in [-0.39, 0.29) is 6.04 Å². The Balaban J connectivity index is 2.92. The first kappa shape index (κ1) is 12.4. The van der Waals surface area contributed by atoms with Gasteiger partial charge in [-0.3, -0.25) is 0 Å². The zero-order chi connectivity index (χ0) is 12.1. The maximum Gasteiger partial charge on any atom is 0.168 e. The van der Waals surface area contributed by atoms with Crippen LogP contribution in [0.3, 0.4) is 0 Å². The molecule has 1 heterocycles. The summed E-state index contributed by atoms with van der Waals surface area (Å²) in [5.41, 5.74) is 6.31. The van der Waals surface area contributed by atoms with E-state index in [1.54, 1.807) is 4.68 Å². The van der Waals surface area contributed by atoms with E-state index in [9.17, 15) is 0 Å². The minimum absolute atomic E-state index is 0.161. The van der Waals surface area contributed by atoms with E-state index >= 15 is 0 Å². The Morgan fingerprint density at radius 1 is 1.56 bits per heavy atom. The van der Waals surface area contributed by atoms with Crippen molar-refractivity contribution in [3.8, 4) is 6.07 Å². The second-order valence-electron chi connectivity index (χ2n) is 4.04. The van der Waals surface area contributed by atoms with E-state index in [1.165, 1.54) is 0 Å². The lowest BCUT2D eigenvalue weighted by Crippen LogP contribution is -2.07. The molecular weight excluding hydrogens is 202 g/mol. The van der Waals surface area contributed by atoms with Gasteiger partial charge >= 0.3 is 0 Å². The average Bonchev–Trinajstić information content (AvgIpc) is 2.55. The second kappa shape index (κ2) is 5.40. The molecule has 5 nitrogen and oxygen atoms in total. The summed E-state index contributed by atoms with van der Waals surface area (Å²) in [6.45, 7) is 6.91. The molecule has 0 spiro atoms. The van der Waals surface area contributed by atoms with E-state index in [2.05, 4.69) is 23.4 Å². The average molecular weight is 221 g/mol. The molecule has 0 radical (unpaired) electrons. The summed E-state index contributed by atoms with van der Waals surface area (Å²) in [6, 6.07) is 2.26. The maximum absolute atomic E-state index is 9.03. The number of nitrogen functional groups attached to an aromatic ring is 1. The molecule has 16 heavy (non-hydrogen) atoms. The molecule has 0 bridgehead atoms. The Labute approximate surface area is 96.2 Å². The van der Waals surface area contributed by atoms with E-state index in [1.807, 2.05) is 13.8 Å². The zero-order valence-corrected chi connectivity index (χ0v) is 10.1. The number of hydrogen-bond acceptors (Lipinski definition) is 4. The van der Waals surface area contributed by atoms with Gasteiger partial charge in [0, 0.05) is 12.6 Å². The molecule has 0 aliphatic heterocycles. The minimum Gasteiger partial charge on any atom is -0.383 e. The van der Waals surface area contributed by atoms with Crippen molar-refractivity contribution >= 4 is 11.6 Å². The quantitative estimate of drug-likeness (QED) is 0.746. The molecule has 1 rings (SSSR count). The Hall–Kier alpha value is -1.70. The summed E-state index contributed by atoms with van der Waals surface area (Å²) in [5, 5.41) is 16.5. The largest absolute Gasteiger partial charge is 0.383 e. The molecule has 0 aromatic carbocycles. The van der Waals surface area contributed by atoms with Crippen LogP contribution in [0.2, 0.25) is 0 Å². The van der Waals surface area contributed by atoms with Crippen LogP contribution in [0.15, 0.2) is 0 Å². The Kier molecular flexibility index (Phi) is 4.18. The smallest absolute Gasteiger partial charge is 0.168 e. The Morgan fingerprint density at radius 2 is 2.25 bits per heavy atom. The molecule has 0 amide bonds. The molecule has 0 atom stereocenters. The van der Waals surface area contributed by atoms with Crippen molar-refractivity contribution in [1.82, 2.24) is 9.78 Å². The number of nitrogens with two attached hydrogens (primary N) is 1. The number of nitrogens with one attached hydrogen (secondary N) is 1. The third-order valence-corrected chi connectivity index (χ3v) is 2.37. The molecular formula is C11H19N5. The van der Waals surface area contributed by atoms with Gasteiger partial charge in [0.1, 0.15) is 17.5 Å². The van der Waals surface area contributed by atoms with Crippen molar-refractivity contribution in [1.29, 1.82) is 5.26 Å². The molecule has 1 aromatic rings. The molecule has 0 aliphatic rings. The third kappa shape index (κ3) is 2.45. The third-order valence-electron chi connectivity index (χ3n) is 2.37. The van der Waals surface area contributed by atoms with Gasteiger partial charge in [0.05, 0.1) is 0 Å². The number of hydrogen-bond donors (Lipinski definition) is 2. The molecule has 5 heteroatoms. The molecule has 0 unspecified atom stereocenters. The van der Waals surface area contributed by atoms with E-state index in [0.717, 1.165) is 19.4 Å². The van der Waals surface area contributed by atoms with Crippen molar-refractivity contribution in [2.75, 3.05) is 17.6 Å². The number of anilines is 2. The predicted molar refractivity (Wildman–Crippen MR) is 65.1 cm³/mol. The highest BCUT2D eigenvalue weighted by molar-refractivity contribution is 5.63. The van der Waals surface area contributed by atoms with Crippen molar-refractivity contribution in [2.24, 2.45) is 0 Å². The normalized spacial score (nSPS) is 10.4. The van der Waals surface area contributed by atoms with Gasteiger partial charge in [-0.1, -0.05) is 13.3 Å². The monoisotopic (exact) mass is 221 g/mol. The number of nitrogens with zero attached hydrogens (tertiary/aromatic N) is 3. The van der Waals surface area contributed by atoms with Crippen LogP contribution in [-0.2, 0) is 0 Å². The molecule has 1 aromatic heterocycles. The second-order valence-corrected chi connectivity index (χ2v) is 4.04. The topological polar surface area (TPSA) is 79.7 Å². The summed E-state index contributed by atoms with van der Waals surface area (Å²) < 4.78 is 1.67. The lowest BCUT2D eigenvalue weighted by Gasteiger charge is -2.06. The summed E-state index contributed by atoms with van der Waals surface area (Å²) in [5.74, 6) is 1.04. The van der Waals surface area contributed by atoms with Gasteiger partial charge in [0.15, 0.2) is 5.82 Å². The SMILES string of the molecule is CCCCNc1nn(C(C)C)c(N)c1C#N. The molecule has 0 saturated carbocycles. The van der Waals surface area contributed by atoms with Gasteiger partial charge in [0.2, 0.25) is 0 Å². The van der Waals surface area contributed by atoms with Gasteiger partial charge < -0.3 is 11.1 Å². The van der Waals surface area contributed by atoms with E-state index < -0.39 is 0 Å².